The minimum absolute atomic E-state index is 0.136. The molecule has 0 fully saturated rings. The second-order valence-electron chi connectivity index (χ2n) is 5.25. The smallest absolute Gasteiger partial charge is 0.123 e. The third-order valence-corrected chi connectivity index (χ3v) is 5.03. The molecule has 3 heteroatoms. The van der Waals surface area contributed by atoms with Crippen molar-refractivity contribution in [1.82, 2.24) is 0 Å². The molecular formula is C17H18N2S. The zero-order valence-electron chi connectivity index (χ0n) is 11.6. The van der Waals surface area contributed by atoms with Gasteiger partial charge in [0, 0.05) is 15.4 Å². The van der Waals surface area contributed by atoms with Crippen LogP contribution >= 0.6 is 11.8 Å². The number of hydrogen-bond acceptors (Lipinski definition) is 2. The van der Waals surface area contributed by atoms with Crippen molar-refractivity contribution in [2.24, 2.45) is 5.73 Å². The molecule has 0 aromatic heterocycles. The quantitative estimate of drug-likeness (QED) is 0.662. The van der Waals surface area contributed by atoms with Crippen LogP contribution in [0.1, 0.15) is 28.7 Å². The molecule has 102 valence electrons. The predicted molar refractivity (Wildman–Crippen MR) is 84.8 cm³/mol. The van der Waals surface area contributed by atoms with Gasteiger partial charge in [0.1, 0.15) is 5.84 Å². The van der Waals surface area contributed by atoms with Crippen molar-refractivity contribution in [3.05, 3.63) is 58.7 Å². The minimum atomic E-state index is 0.136. The van der Waals surface area contributed by atoms with E-state index in [1.807, 2.05) is 12.1 Å². The molecule has 0 radical (unpaired) electrons. The molecule has 0 saturated carbocycles. The average molecular weight is 282 g/mol. The molecule has 2 aromatic carbocycles. The largest absolute Gasteiger partial charge is 0.384 e. The molecule has 0 aliphatic heterocycles. The molecule has 0 spiro atoms. The Balaban J connectivity index is 1.97. The van der Waals surface area contributed by atoms with E-state index in [0.717, 1.165) is 10.5 Å². The average Bonchev–Trinajstić information content (AvgIpc) is 2.88. The van der Waals surface area contributed by atoms with Gasteiger partial charge in [-0.05, 0) is 55.0 Å². The van der Waals surface area contributed by atoms with Crippen LogP contribution in [0.2, 0.25) is 0 Å². The first kappa shape index (κ1) is 13.3. The number of aryl methyl sites for hydroxylation is 3. The highest BCUT2D eigenvalue weighted by molar-refractivity contribution is 7.99. The summed E-state index contributed by atoms with van der Waals surface area (Å²) in [6.45, 7) is 2.07. The van der Waals surface area contributed by atoms with Crippen LogP contribution in [0.3, 0.4) is 0 Å². The van der Waals surface area contributed by atoms with E-state index in [2.05, 4.69) is 31.2 Å². The van der Waals surface area contributed by atoms with Crippen molar-refractivity contribution < 1.29 is 0 Å². The molecule has 2 nitrogen and oxygen atoms in total. The summed E-state index contributed by atoms with van der Waals surface area (Å²) >= 11 is 1.71. The van der Waals surface area contributed by atoms with Crippen LogP contribution < -0.4 is 5.73 Å². The first-order valence-electron chi connectivity index (χ1n) is 6.89. The van der Waals surface area contributed by atoms with E-state index >= 15 is 0 Å². The van der Waals surface area contributed by atoms with Gasteiger partial charge in [0.25, 0.3) is 0 Å². The van der Waals surface area contributed by atoms with Gasteiger partial charge in [-0.3, -0.25) is 5.41 Å². The van der Waals surface area contributed by atoms with Crippen LogP contribution in [-0.2, 0) is 12.8 Å². The fraction of sp³-hybridized carbons (Fsp3) is 0.235. The van der Waals surface area contributed by atoms with Crippen LogP contribution in [-0.4, -0.2) is 5.84 Å². The molecule has 0 atom stereocenters. The van der Waals surface area contributed by atoms with Crippen molar-refractivity contribution in [1.29, 1.82) is 5.41 Å². The molecular weight excluding hydrogens is 264 g/mol. The Kier molecular flexibility index (Phi) is 3.53. The molecule has 2 aromatic rings. The lowest BCUT2D eigenvalue weighted by Gasteiger charge is -2.12. The SMILES string of the molecule is Cc1cccc(C(=N)N)c1Sc1ccc2c(c1)CCC2. The van der Waals surface area contributed by atoms with Gasteiger partial charge in [-0.15, -0.1) is 0 Å². The maximum Gasteiger partial charge on any atom is 0.123 e. The number of fused-ring (bicyclic) bond motifs is 1. The zero-order valence-corrected chi connectivity index (χ0v) is 12.4. The Morgan fingerprint density at radius 1 is 1.15 bits per heavy atom. The Hall–Kier alpha value is -1.74. The van der Waals surface area contributed by atoms with Gasteiger partial charge >= 0.3 is 0 Å². The summed E-state index contributed by atoms with van der Waals surface area (Å²) in [5, 5.41) is 7.73. The summed E-state index contributed by atoms with van der Waals surface area (Å²) in [6.07, 6.45) is 3.67. The van der Waals surface area contributed by atoms with Gasteiger partial charge in [-0.2, -0.15) is 0 Å². The number of nitrogens with two attached hydrogens (primary N) is 1. The Labute approximate surface area is 123 Å². The maximum atomic E-state index is 7.73. The second kappa shape index (κ2) is 5.33. The Bertz CT molecular complexity index is 677. The van der Waals surface area contributed by atoms with Crippen LogP contribution in [0, 0.1) is 12.3 Å². The van der Waals surface area contributed by atoms with E-state index in [1.165, 1.54) is 40.8 Å². The fourth-order valence-corrected chi connectivity index (χ4v) is 3.82. The van der Waals surface area contributed by atoms with E-state index in [0.29, 0.717) is 0 Å². The number of benzene rings is 2. The molecule has 0 unspecified atom stereocenters. The second-order valence-corrected chi connectivity index (χ2v) is 6.34. The molecule has 0 heterocycles. The number of nitrogen functional groups attached to an aromatic ring is 1. The highest BCUT2D eigenvalue weighted by atomic mass is 32.2. The molecule has 3 rings (SSSR count). The summed E-state index contributed by atoms with van der Waals surface area (Å²) < 4.78 is 0. The summed E-state index contributed by atoms with van der Waals surface area (Å²) in [5.74, 6) is 0.136. The summed E-state index contributed by atoms with van der Waals surface area (Å²) in [4.78, 5) is 2.33. The van der Waals surface area contributed by atoms with E-state index in [9.17, 15) is 0 Å². The third-order valence-electron chi connectivity index (χ3n) is 3.79. The lowest BCUT2D eigenvalue weighted by Crippen LogP contribution is -2.12. The van der Waals surface area contributed by atoms with Crippen LogP contribution in [0.4, 0.5) is 0 Å². The molecule has 0 saturated heterocycles. The lowest BCUT2D eigenvalue weighted by molar-refractivity contribution is 0.911. The Morgan fingerprint density at radius 3 is 2.75 bits per heavy atom. The van der Waals surface area contributed by atoms with Gasteiger partial charge in [0.05, 0.1) is 0 Å². The van der Waals surface area contributed by atoms with Crippen molar-refractivity contribution >= 4 is 17.6 Å². The lowest BCUT2D eigenvalue weighted by atomic mass is 10.1. The number of amidine groups is 1. The number of nitrogens with one attached hydrogen (secondary N) is 1. The molecule has 20 heavy (non-hydrogen) atoms. The standard InChI is InChI=1S/C17H18N2S/c1-11-4-2-7-15(17(18)19)16(11)20-14-9-8-12-5-3-6-13(12)10-14/h2,4,7-10H,3,5-6H2,1H3,(H3,18,19). The van der Waals surface area contributed by atoms with Crippen molar-refractivity contribution in [2.75, 3.05) is 0 Å². The minimum Gasteiger partial charge on any atom is -0.384 e. The third kappa shape index (κ3) is 2.46. The molecule has 3 N–H and O–H groups in total. The maximum absolute atomic E-state index is 7.73. The number of rotatable bonds is 3. The van der Waals surface area contributed by atoms with Gasteiger partial charge in [0.15, 0.2) is 0 Å². The van der Waals surface area contributed by atoms with E-state index < -0.39 is 0 Å². The normalized spacial score (nSPS) is 13.2. The van der Waals surface area contributed by atoms with Gasteiger partial charge in [0.2, 0.25) is 0 Å². The molecule has 0 bridgehead atoms. The highest BCUT2D eigenvalue weighted by Crippen LogP contribution is 2.35. The molecule has 0 amide bonds. The monoisotopic (exact) mass is 282 g/mol. The predicted octanol–water partition coefficient (Wildman–Crippen LogP) is 3.92. The van der Waals surface area contributed by atoms with E-state index in [4.69, 9.17) is 11.1 Å². The number of hydrogen-bond donors (Lipinski definition) is 2. The zero-order chi connectivity index (χ0) is 14.1. The summed E-state index contributed by atoms with van der Waals surface area (Å²) in [6, 6.07) is 12.7. The van der Waals surface area contributed by atoms with Crippen LogP contribution in [0.25, 0.3) is 0 Å². The summed E-state index contributed by atoms with van der Waals surface area (Å²) in [5.41, 5.74) is 10.7. The van der Waals surface area contributed by atoms with Crippen LogP contribution in [0.5, 0.6) is 0 Å². The summed E-state index contributed by atoms with van der Waals surface area (Å²) in [7, 11) is 0. The van der Waals surface area contributed by atoms with Crippen molar-refractivity contribution in [3.8, 4) is 0 Å². The van der Waals surface area contributed by atoms with Gasteiger partial charge < -0.3 is 5.73 Å². The topological polar surface area (TPSA) is 49.9 Å². The first-order chi connectivity index (χ1) is 9.65. The first-order valence-corrected chi connectivity index (χ1v) is 7.70. The van der Waals surface area contributed by atoms with E-state index in [-0.39, 0.29) is 5.84 Å². The Morgan fingerprint density at radius 2 is 1.95 bits per heavy atom. The van der Waals surface area contributed by atoms with Crippen molar-refractivity contribution in [2.45, 2.75) is 36.0 Å². The van der Waals surface area contributed by atoms with Crippen molar-refractivity contribution in [3.63, 3.8) is 0 Å². The molecule has 1 aliphatic carbocycles. The van der Waals surface area contributed by atoms with Gasteiger partial charge in [-0.25, -0.2) is 0 Å². The highest BCUT2D eigenvalue weighted by Gasteiger charge is 2.13. The van der Waals surface area contributed by atoms with E-state index in [1.54, 1.807) is 11.8 Å². The van der Waals surface area contributed by atoms with Gasteiger partial charge in [-0.1, -0.05) is 36.0 Å². The van der Waals surface area contributed by atoms with Crippen LogP contribution in [0.15, 0.2) is 46.2 Å². The molecule has 1 aliphatic rings. The fourth-order valence-electron chi connectivity index (χ4n) is 2.73.